The molecule has 2 N–H and O–H groups in total. The van der Waals surface area contributed by atoms with Gasteiger partial charge >= 0.3 is 0 Å². The standard InChI is InChI=1S/C9H17NO3S/c1-10-6-9(2-3-9)7-4-14(12,13)5-8(7)11/h7-8,10-11H,2-6H2,1H3. The summed E-state index contributed by atoms with van der Waals surface area (Å²) in [5.74, 6) is 0.0962. The van der Waals surface area contributed by atoms with Gasteiger partial charge in [0.1, 0.15) is 0 Å². The van der Waals surface area contributed by atoms with E-state index in [1.165, 1.54) is 0 Å². The van der Waals surface area contributed by atoms with Crippen LogP contribution in [0.5, 0.6) is 0 Å². The summed E-state index contributed by atoms with van der Waals surface area (Å²) in [6.07, 6.45) is 1.45. The molecule has 2 unspecified atom stereocenters. The first-order valence-corrected chi connectivity index (χ1v) is 6.84. The van der Waals surface area contributed by atoms with Gasteiger partial charge in [0.2, 0.25) is 0 Å². The number of rotatable bonds is 3. The van der Waals surface area contributed by atoms with Crippen molar-refractivity contribution in [1.82, 2.24) is 5.32 Å². The fraction of sp³-hybridized carbons (Fsp3) is 1.00. The summed E-state index contributed by atoms with van der Waals surface area (Å²) in [6.45, 7) is 0.824. The van der Waals surface area contributed by atoms with Crippen LogP contribution in [0.4, 0.5) is 0 Å². The highest BCUT2D eigenvalue weighted by Crippen LogP contribution is 2.54. The SMILES string of the molecule is CNCC1(C2CS(=O)(=O)CC2O)CC1. The maximum absolute atomic E-state index is 11.3. The summed E-state index contributed by atoms with van der Waals surface area (Å²) in [6, 6.07) is 0. The van der Waals surface area contributed by atoms with Crippen LogP contribution >= 0.6 is 0 Å². The molecule has 0 aromatic carbocycles. The van der Waals surface area contributed by atoms with Gasteiger partial charge in [0.25, 0.3) is 0 Å². The van der Waals surface area contributed by atoms with Gasteiger partial charge in [0, 0.05) is 12.5 Å². The lowest BCUT2D eigenvalue weighted by molar-refractivity contribution is 0.104. The van der Waals surface area contributed by atoms with E-state index in [0.717, 1.165) is 19.4 Å². The van der Waals surface area contributed by atoms with Crippen molar-refractivity contribution in [3.63, 3.8) is 0 Å². The molecular weight excluding hydrogens is 202 g/mol. The van der Waals surface area contributed by atoms with Crippen LogP contribution in [0.2, 0.25) is 0 Å². The van der Waals surface area contributed by atoms with Crippen molar-refractivity contribution in [2.24, 2.45) is 11.3 Å². The molecule has 0 spiro atoms. The molecule has 2 aliphatic rings. The van der Waals surface area contributed by atoms with E-state index in [9.17, 15) is 13.5 Å². The second-order valence-electron chi connectivity index (χ2n) is 4.64. The van der Waals surface area contributed by atoms with Crippen LogP contribution in [-0.4, -0.2) is 44.7 Å². The third-order valence-electron chi connectivity index (χ3n) is 3.53. The van der Waals surface area contributed by atoms with Crippen molar-refractivity contribution in [3.05, 3.63) is 0 Å². The molecule has 14 heavy (non-hydrogen) atoms. The summed E-state index contributed by atoms with van der Waals surface area (Å²) < 4.78 is 22.7. The van der Waals surface area contributed by atoms with Crippen molar-refractivity contribution in [1.29, 1.82) is 0 Å². The van der Waals surface area contributed by atoms with Crippen molar-refractivity contribution in [2.45, 2.75) is 18.9 Å². The minimum absolute atomic E-state index is 0.0386. The Morgan fingerprint density at radius 1 is 1.43 bits per heavy atom. The van der Waals surface area contributed by atoms with E-state index in [4.69, 9.17) is 0 Å². The largest absolute Gasteiger partial charge is 0.392 e. The zero-order valence-corrected chi connectivity index (χ0v) is 9.18. The average molecular weight is 219 g/mol. The van der Waals surface area contributed by atoms with Gasteiger partial charge < -0.3 is 10.4 Å². The van der Waals surface area contributed by atoms with E-state index < -0.39 is 15.9 Å². The van der Waals surface area contributed by atoms with Crippen molar-refractivity contribution in [2.75, 3.05) is 25.1 Å². The molecule has 4 nitrogen and oxygen atoms in total. The Morgan fingerprint density at radius 3 is 2.43 bits per heavy atom. The van der Waals surface area contributed by atoms with Gasteiger partial charge in [-0.1, -0.05) is 0 Å². The smallest absolute Gasteiger partial charge is 0.153 e. The highest BCUT2D eigenvalue weighted by molar-refractivity contribution is 7.91. The van der Waals surface area contributed by atoms with Crippen LogP contribution in [0.25, 0.3) is 0 Å². The molecule has 5 heteroatoms. The van der Waals surface area contributed by atoms with Crippen LogP contribution in [0.3, 0.4) is 0 Å². The number of nitrogens with one attached hydrogen (secondary N) is 1. The number of hydrogen-bond donors (Lipinski definition) is 2. The Labute approximate surface area is 84.6 Å². The molecule has 1 saturated carbocycles. The van der Waals surface area contributed by atoms with E-state index in [1.54, 1.807) is 0 Å². The van der Waals surface area contributed by atoms with E-state index >= 15 is 0 Å². The Bertz CT molecular complexity index is 321. The molecular formula is C9H17NO3S. The summed E-state index contributed by atoms with van der Waals surface area (Å²) in [5, 5.41) is 12.8. The summed E-state index contributed by atoms with van der Waals surface area (Å²) >= 11 is 0. The Kier molecular flexibility index (Phi) is 2.36. The van der Waals surface area contributed by atoms with E-state index in [2.05, 4.69) is 5.32 Å². The predicted octanol–water partition coefficient (Wildman–Crippen LogP) is -0.608. The first-order chi connectivity index (χ1) is 6.49. The van der Waals surface area contributed by atoms with Crippen LogP contribution in [0, 0.1) is 11.3 Å². The van der Waals surface area contributed by atoms with Crippen LogP contribution in [-0.2, 0) is 9.84 Å². The lowest BCUT2D eigenvalue weighted by Gasteiger charge is -2.24. The van der Waals surface area contributed by atoms with Crippen LogP contribution in [0.15, 0.2) is 0 Å². The Morgan fingerprint density at radius 2 is 2.07 bits per heavy atom. The molecule has 2 atom stereocenters. The molecule has 0 radical (unpaired) electrons. The second-order valence-corrected chi connectivity index (χ2v) is 6.80. The normalized spacial score (nSPS) is 38.4. The third kappa shape index (κ3) is 1.68. The highest BCUT2D eigenvalue weighted by atomic mass is 32.2. The predicted molar refractivity (Wildman–Crippen MR) is 53.7 cm³/mol. The molecule has 0 bridgehead atoms. The van der Waals surface area contributed by atoms with E-state index in [0.29, 0.717) is 0 Å². The van der Waals surface area contributed by atoms with Gasteiger partial charge in [0.05, 0.1) is 17.6 Å². The Hall–Kier alpha value is -0.130. The molecule has 1 aliphatic heterocycles. The summed E-state index contributed by atoms with van der Waals surface area (Å²) in [7, 11) is -1.11. The Balaban J connectivity index is 2.13. The maximum Gasteiger partial charge on any atom is 0.153 e. The van der Waals surface area contributed by atoms with Gasteiger partial charge in [-0.2, -0.15) is 0 Å². The van der Waals surface area contributed by atoms with Gasteiger partial charge in [-0.3, -0.25) is 0 Å². The fourth-order valence-corrected chi connectivity index (χ4v) is 4.62. The molecule has 2 fully saturated rings. The molecule has 0 amide bonds. The lowest BCUT2D eigenvalue weighted by Crippen LogP contribution is -2.34. The van der Waals surface area contributed by atoms with Crippen molar-refractivity contribution in [3.8, 4) is 0 Å². The second kappa shape index (κ2) is 3.18. The lowest BCUT2D eigenvalue weighted by atomic mass is 9.86. The monoisotopic (exact) mass is 219 g/mol. The number of aliphatic hydroxyl groups is 1. The van der Waals surface area contributed by atoms with Gasteiger partial charge in [-0.05, 0) is 25.3 Å². The number of aliphatic hydroxyl groups excluding tert-OH is 1. The van der Waals surface area contributed by atoms with Gasteiger partial charge in [-0.15, -0.1) is 0 Å². The van der Waals surface area contributed by atoms with Crippen LogP contribution < -0.4 is 5.32 Å². The van der Waals surface area contributed by atoms with Crippen molar-refractivity contribution >= 4 is 9.84 Å². The van der Waals surface area contributed by atoms with Gasteiger partial charge in [0.15, 0.2) is 9.84 Å². The first kappa shape index (κ1) is 10.4. The maximum atomic E-state index is 11.3. The number of sulfone groups is 1. The van der Waals surface area contributed by atoms with E-state index in [1.807, 2.05) is 7.05 Å². The van der Waals surface area contributed by atoms with Gasteiger partial charge in [-0.25, -0.2) is 8.42 Å². The number of hydrogen-bond acceptors (Lipinski definition) is 4. The third-order valence-corrected chi connectivity index (χ3v) is 5.25. The molecule has 0 aromatic rings. The topological polar surface area (TPSA) is 66.4 Å². The van der Waals surface area contributed by atoms with Crippen LogP contribution in [0.1, 0.15) is 12.8 Å². The first-order valence-electron chi connectivity index (χ1n) is 5.02. The highest BCUT2D eigenvalue weighted by Gasteiger charge is 2.55. The fourth-order valence-electron chi connectivity index (χ4n) is 2.61. The minimum Gasteiger partial charge on any atom is -0.392 e. The molecule has 2 rings (SSSR count). The zero-order chi connectivity index (χ0) is 10.4. The summed E-state index contributed by atoms with van der Waals surface area (Å²) in [4.78, 5) is 0. The molecule has 1 saturated heterocycles. The average Bonchev–Trinajstić information content (AvgIpc) is 2.75. The molecule has 0 aromatic heterocycles. The quantitative estimate of drug-likeness (QED) is 0.664. The molecule has 82 valence electrons. The van der Waals surface area contributed by atoms with Crippen molar-refractivity contribution < 1.29 is 13.5 Å². The molecule has 1 aliphatic carbocycles. The molecule has 1 heterocycles. The zero-order valence-electron chi connectivity index (χ0n) is 8.36. The minimum atomic E-state index is -2.98. The summed E-state index contributed by atoms with van der Waals surface area (Å²) in [5.41, 5.74) is 0.0672. The van der Waals surface area contributed by atoms with E-state index in [-0.39, 0.29) is 22.8 Å².